The molecule has 1 aliphatic rings. The van der Waals surface area contributed by atoms with Gasteiger partial charge in [-0.2, -0.15) is 0 Å². The molecule has 0 saturated carbocycles. The fourth-order valence-corrected chi connectivity index (χ4v) is 3.85. The smallest absolute Gasteiger partial charge is 0.340 e. The van der Waals surface area contributed by atoms with Crippen LogP contribution in [0.25, 0.3) is 6.08 Å². The Hall–Kier alpha value is -2.08. The van der Waals surface area contributed by atoms with Crippen LogP contribution in [-0.4, -0.2) is 19.0 Å². The van der Waals surface area contributed by atoms with E-state index in [0.717, 1.165) is 4.88 Å². The number of benzene rings is 1. The molecule has 0 N–H and O–H groups in total. The van der Waals surface area contributed by atoms with E-state index in [1.165, 1.54) is 23.3 Å². The molecule has 1 aromatic carbocycles. The zero-order chi connectivity index (χ0) is 18.1. The van der Waals surface area contributed by atoms with E-state index in [9.17, 15) is 9.59 Å². The fraction of sp³-hybridized carbons (Fsp3) is 0.111. The van der Waals surface area contributed by atoms with Crippen molar-refractivity contribution in [1.29, 1.82) is 0 Å². The van der Waals surface area contributed by atoms with E-state index in [4.69, 9.17) is 27.9 Å². The number of hydrogen-bond donors (Lipinski definition) is 0. The van der Waals surface area contributed by atoms with Gasteiger partial charge in [0.2, 0.25) is 0 Å². The number of ether oxygens (including phenoxy) is 1. The number of carbonyl (C=O) groups is 2. The molecule has 25 heavy (non-hydrogen) atoms. The predicted molar refractivity (Wildman–Crippen MR) is 101 cm³/mol. The monoisotopic (exact) mass is 393 g/mol. The number of rotatable bonds is 3. The van der Waals surface area contributed by atoms with Crippen LogP contribution >= 0.6 is 34.5 Å². The number of hydrogen-bond acceptors (Lipinski definition) is 4. The number of thiophene rings is 1. The van der Waals surface area contributed by atoms with Crippen molar-refractivity contribution >= 4 is 58.2 Å². The minimum Gasteiger partial charge on any atom is -0.465 e. The fourth-order valence-electron chi connectivity index (χ4n) is 2.67. The van der Waals surface area contributed by atoms with Crippen LogP contribution in [0.1, 0.15) is 11.8 Å². The SMILES string of the molecule is COC(=O)C1=C(C)N(c2cc(Cl)cc(Cl)c2)C(=O)/C1=C\c1cccs1. The van der Waals surface area contributed by atoms with Crippen LogP contribution in [0, 0.1) is 0 Å². The van der Waals surface area contributed by atoms with E-state index in [1.807, 2.05) is 17.5 Å². The number of methoxy groups -OCH3 is 1. The highest BCUT2D eigenvalue weighted by Crippen LogP contribution is 2.37. The second-order valence-electron chi connectivity index (χ2n) is 5.29. The summed E-state index contributed by atoms with van der Waals surface area (Å²) >= 11 is 13.6. The molecular formula is C18H13Cl2NO3S. The van der Waals surface area contributed by atoms with Gasteiger partial charge < -0.3 is 4.74 Å². The predicted octanol–water partition coefficient (Wildman–Crippen LogP) is 4.93. The maximum Gasteiger partial charge on any atom is 0.340 e. The van der Waals surface area contributed by atoms with Crippen LogP contribution < -0.4 is 4.90 Å². The molecule has 1 aliphatic heterocycles. The van der Waals surface area contributed by atoms with Crippen molar-refractivity contribution in [3.8, 4) is 0 Å². The molecule has 1 aromatic heterocycles. The van der Waals surface area contributed by atoms with Gasteiger partial charge >= 0.3 is 5.97 Å². The van der Waals surface area contributed by atoms with Gasteiger partial charge in [-0.3, -0.25) is 9.69 Å². The van der Waals surface area contributed by atoms with E-state index in [0.29, 0.717) is 21.4 Å². The van der Waals surface area contributed by atoms with Crippen molar-refractivity contribution in [3.63, 3.8) is 0 Å². The van der Waals surface area contributed by atoms with E-state index in [1.54, 1.807) is 31.2 Å². The lowest BCUT2D eigenvalue weighted by Gasteiger charge is -2.18. The Morgan fingerprint density at radius 2 is 1.92 bits per heavy atom. The Labute approximate surface area is 158 Å². The Morgan fingerprint density at radius 1 is 1.24 bits per heavy atom. The molecule has 4 nitrogen and oxygen atoms in total. The molecular weight excluding hydrogens is 381 g/mol. The summed E-state index contributed by atoms with van der Waals surface area (Å²) in [5.74, 6) is -0.895. The molecule has 0 radical (unpaired) electrons. The quantitative estimate of drug-likeness (QED) is 0.548. The molecule has 0 bridgehead atoms. The third-order valence-corrected chi connectivity index (χ3v) is 4.98. The summed E-state index contributed by atoms with van der Waals surface area (Å²) in [5, 5.41) is 2.70. The minimum absolute atomic E-state index is 0.233. The van der Waals surface area contributed by atoms with E-state index in [-0.39, 0.29) is 17.1 Å². The molecule has 0 fully saturated rings. The van der Waals surface area contributed by atoms with Gasteiger partial charge in [-0.05, 0) is 42.6 Å². The molecule has 3 rings (SSSR count). The molecule has 2 aromatic rings. The maximum atomic E-state index is 13.0. The number of allylic oxidation sites excluding steroid dienone is 1. The molecule has 1 amide bonds. The second-order valence-corrected chi connectivity index (χ2v) is 7.15. The van der Waals surface area contributed by atoms with Gasteiger partial charge in [0.05, 0.1) is 23.9 Å². The van der Waals surface area contributed by atoms with Gasteiger partial charge in [-0.1, -0.05) is 29.3 Å². The van der Waals surface area contributed by atoms with Crippen LogP contribution in [-0.2, 0) is 14.3 Å². The highest BCUT2D eigenvalue weighted by molar-refractivity contribution is 7.10. The highest BCUT2D eigenvalue weighted by Gasteiger charge is 2.38. The van der Waals surface area contributed by atoms with E-state index in [2.05, 4.69) is 0 Å². The second kappa shape index (κ2) is 7.04. The maximum absolute atomic E-state index is 13.0. The molecule has 7 heteroatoms. The number of amides is 1. The van der Waals surface area contributed by atoms with Crippen molar-refractivity contribution in [1.82, 2.24) is 0 Å². The lowest BCUT2D eigenvalue weighted by atomic mass is 10.1. The molecule has 0 saturated heterocycles. The van der Waals surface area contributed by atoms with Crippen molar-refractivity contribution in [2.45, 2.75) is 6.92 Å². The Morgan fingerprint density at radius 3 is 2.48 bits per heavy atom. The van der Waals surface area contributed by atoms with Crippen LogP contribution in [0.3, 0.4) is 0 Å². The first-order valence-electron chi connectivity index (χ1n) is 7.27. The summed E-state index contributed by atoms with van der Waals surface area (Å²) < 4.78 is 4.87. The molecule has 128 valence electrons. The van der Waals surface area contributed by atoms with Crippen LogP contribution in [0.5, 0.6) is 0 Å². The first kappa shape index (κ1) is 17.7. The van der Waals surface area contributed by atoms with Crippen molar-refractivity contribution < 1.29 is 14.3 Å². The molecule has 0 spiro atoms. The van der Waals surface area contributed by atoms with Crippen molar-refractivity contribution in [2.24, 2.45) is 0 Å². The van der Waals surface area contributed by atoms with Gasteiger partial charge in [0.25, 0.3) is 5.91 Å². The van der Waals surface area contributed by atoms with Crippen molar-refractivity contribution in [2.75, 3.05) is 12.0 Å². The van der Waals surface area contributed by atoms with E-state index >= 15 is 0 Å². The molecule has 0 unspecified atom stereocenters. The summed E-state index contributed by atoms with van der Waals surface area (Å²) in [6, 6.07) is 8.57. The van der Waals surface area contributed by atoms with Gasteiger partial charge in [0, 0.05) is 20.6 Å². The molecule has 0 aliphatic carbocycles. The minimum atomic E-state index is -0.565. The molecule has 2 heterocycles. The third-order valence-electron chi connectivity index (χ3n) is 3.72. The standard InChI is InChI=1S/C18H13Cl2NO3S/c1-10-16(18(23)24-2)15(9-14-4-3-5-25-14)17(22)21(10)13-7-11(19)6-12(20)8-13/h3-9H,1-2H3/b15-9-. The number of halogens is 2. The highest BCUT2D eigenvalue weighted by atomic mass is 35.5. The number of nitrogens with zero attached hydrogens (tertiary/aromatic N) is 1. The number of esters is 1. The Balaban J connectivity index is 2.16. The first-order chi connectivity index (χ1) is 11.9. The lowest BCUT2D eigenvalue weighted by molar-refractivity contribution is -0.136. The topological polar surface area (TPSA) is 46.6 Å². The number of anilines is 1. The Bertz CT molecular complexity index is 896. The van der Waals surface area contributed by atoms with Crippen LogP contribution in [0.2, 0.25) is 10.0 Å². The van der Waals surface area contributed by atoms with Crippen LogP contribution in [0.4, 0.5) is 5.69 Å². The van der Waals surface area contributed by atoms with Gasteiger partial charge in [-0.25, -0.2) is 4.79 Å². The summed E-state index contributed by atoms with van der Waals surface area (Å²) in [7, 11) is 1.29. The Kier molecular flexibility index (Phi) is 4.99. The summed E-state index contributed by atoms with van der Waals surface area (Å²) in [5.41, 5.74) is 1.48. The van der Waals surface area contributed by atoms with Crippen LogP contribution in [0.15, 0.2) is 52.6 Å². The molecule has 0 atom stereocenters. The lowest BCUT2D eigenvalue weighted by Crippen LogP contribution is -2.24. The zero-order valence-electron chi connectivity index (χ0n) is 13.4. The summed E-state index contributed by atoms with van der Waals surface area (Å²) in [4.78, 5) is 27.6. The normalized spacial score (nSPS) is 16.1. The van der Waals surface area contributed by atoms with Crippen molar-refractivity contribution in [3.05, 3.63) is 67.5 Å². The largest absolute Gasteiger partial charge is 0.465 e. The first-order valence-corrected chi connectivity index (χ1v) is 8.91. The average Bonchev–Trinajstić information content (AvgIpc) is 3.13. The van der Waals surface area contributed by atoms with Gasteiger partial charge in [0.15, 0.2) is 0 Å². The van der Waals surface area contributed by atoms with Gasteiger partial charge in [-0.15, -0.1) is 11.3 Å². The number of carbonyl (C=O) groups excluding carboxylic acids is 2. The third kappa shape index (κ3) is 3.35. The average molecular weight is 394 g/mol. The van der Waals surface area contributed by atoms with E-state index < -0.39 is 5.97 Å². The zero-order valence-corrected chi connectivity index (χ0v) is 15.7. The summed E-state index contributed by atoms with van der Waals surface area (Å²) in [6.07, 6.45) is 1.69. The van der Waals surface area contributed by atoms with Gasteiger partial charge in [0.1, 0.15) is 0 Å². The summed E-state index contributed by atoms with van der Waals surface area (Å²) in [6.45, 7) is 1.69.